The quantitative estimate of drug-likeness (QED) is 0.0936. The second-order valence-corrected chi connectivity index (χ2v) is 16.2. The summed E-state index contributed by atoms with van der Waals surface area (Å²) in [5.41, 5.74) is 10.0. The molecular formula is C35H53ClN4NiO2P. The van der Waals surface area contributed by atoms with Crippen LogP contribution in [0.25, 0.3) is 22.1 Å². The largest absolute Gasteiger partial charge is 3.00 e. The van der Waals surface area contributed by atoms with Crippen LogP contribution < -0.4 is 5.57 Å². The summed E-state index contributed by atoms with van der Waals surface area (Å²) >= 11 is 4.19. The van der Waals surface area contributed by atoms with E-state index in [1.54, 1.807) is 13.3 Å². The molecule has 2 heterocycles. The Kier molecular flexibility index (Phi) is 20.2. The molecule has 0 unspecified atom stereocenters. The molecule has 0 aliphatic heterocycles. The first-order valence-corrected chi connectivity index (χ1v) is 16.3. The summed E-state index contributed by atoms with van der Waals surface area (Å²) in [5.74, 6) is 1.02. The molecule has 6 nitrogen and oxygen atoms in total. The van der Waals surface area contributed by atoms with Crippen molar-refractivity contribution in [3.05, 3.63) is 66.7 Å². The van der Waals surface area contributed by atoms with E-state index in [0.29, 0.717) is 0 Å². The molecule has 2 aromatic heterocycles. The molecule has 0 spiro atoms. The zero-order valence-electron chi connectivity index (χ0n) is 29.0. The average Bonchev–Trinajstić information content (AvgIpc) is 3.43. The third-order valence-electron chi connectivity index (χ3n) is 6.14. The Morgan fingerprint density at radius 2 is 1.27 bits per heavy atom. The van der Waals surface area contributed by atoms with Gasteiger partial charge in [0.1, 0.15) is 5.57 Å². The van der Waals surface area contributed by atoms with Crippen molar-refractivity contribution >= 4 is 58.8 Å². The predicted octanol–water partition coefficient (Wildman–Crippen LogP) is 9.95. The van der Waals surface area contributed by atoms with Gasteiger partial charge in [-0.3, -0.25) is 9.36 Å². The Morgan fingerprint density at radius 1 is 0.886 bits per heavy atom. The van der Waals surface area contributed by atoms with Crippen LogP contribution in [0.1, 0.15) is 102 Å². The Balaban J connectivity index is 0. The molecular weight excluding hydrogens is 634 g/mol. The van der Waals surface area contributed by atoms with Crippen LogP contribution in [-0.4, -0.2) is 41.5 Å². The summed E-state index contributed by atoms with van der Waals surface area (Å²) in [4.78, 5) is 33.1. The van der Waals surface area contributed by atoms with Crippen molar-refractivity contribution in [2.24, 2.45) is 0 Å². The number of carbonyl (C=O) groups is 1. The van der Waals surface area contributed by atoms with Crippen LogP contribution in [0, 0.1) is 41.5 Å². The summed E-state index contributed by atoms with van der Waals surface area (Å²) in [6, 6.07) is 8.42. The first-order valence-electron chi connectivity index (χ1n) is 14.6. The molecule has 0 aliphatic carbocycles. The van der Waals surface area contributed by atoms with Crippen LogP contribution >= 0.6 is 19.5 Å². The zero-order valence-corrected chi connectivity index (χ0v) is 31.7. The average molecular weight is 687 g/mol. The number of imidazole rings is 2. The topological polar surface area (TPSA) is 80.6 Å². The number of aromatic nitrogens is 4. The molecule has 9 heteroatoms. The maximum absolute atomic E-state index is 12.4. The molecule has 1 radical (unpaired) electrons. The van der Waals surface area contributed by atoms with Gasteiger partial charge in [0, 0.05) is 6.92 Å². The molecule has 4 aromatic rings. The second kappa shape index (κ2) is 20.1. The molecule has 0 saturated heterocycles. The Labute approximate surface area is 283 Å². The standard InChI is InChI=1S/C19H29N2OP.C9H10N2.2C3H7.CClO.Ni/c1-12-10-15-16(11-13(12)2)21(14(3)22)17(20-15)23(18(4,5)6)19(7,8)9;1-6-3-8-9(4-7(6)2)11-5-10-8;2*1-3-2;2-1-3;/h10-11H,1-9H3;3-5H,1-2H3,(H,10,11);2*1,3H2,2H3;;/q;;3*-1;+3. The number of aromatic amines is 1. The molecule has 0 fully saturated rings. The van der Waals surface area contributed by atoms with Gasteiger partial charge in [-0.1, -0.05) is 55.4 Å². The molecule has 1 N–H and O–H groups in total. The van der Waals surface area contributed by atoms with E-state index in [1.165, 1.54) is 22.3 Å². The molecule has 0 aliphatic rings. The van der Waals surface area contributed by atoms with Crippen molar-refractivity contribution < 1.29 is 26.1 Å². The molecule has 2 aromatic carbocycles. The number of benzene rings is 2. The van der Waals surface area contributed by atoms with Crippen LogP contribution in [-0.2, 0) is 21.3 Å². The monoisotopic (exact) mass is 685 g/mol. The maximum atomic E-state index is 12.4. The van der Waals surface area contributed by atoms with Gasteiger partial charge in [0.2, 0.25) is 5.91 Å². The third kappa shape index (κ3) is 13.1. The number of aryl methyl sites for hydroxylation is 4. The smallest absolute Gasteiger partial charge is 0.525 e. The summed E-state index contributed by atoms with van der Waals surface area (Å²) in [6.07, 6.45) is 3.73. The van der Waals surface area contributed by atoms with Crippen LogP contribution in [0.15, 0.2) is 30.6 Å². The number of hydrogen-bond acceptors (Lipinski definition) is 4. The van der Waals surface area contributed by atoms with Crippen LogP contribution in [0.5, 0.6) is 0 Å². The van der Waals surface area contributed by atoms with Crippen molar-refractivity contribution in [3.8, 4) is 0 Å². The molecule has 0 atom stereocenters. The number of nitrogens with one attached hydrogen (secondary N) is 1. The number of H-pyrrole nitrogens is 1. The molecule has 0 amide bonds. The van der Waals surface area contributed by atoms with Crippen LogP contribution in [0.4, 0.5) is 0 Å². The minimum Gasteiger partial charge on any atom is -0.525 e. The molecule has 0 saturated carbocycles. The fraction of sp³-hybridized carbons (Fsp3) is 0.486. The molecule has 247 valence electrons. The van der Waals surface area contributed by atoms with Crippen molar-refractivity contribution in [1.29, 1.82) is 0 Å². The molecule has 44 heavy (non-hydrogen) atoms. The Bertz CT molecular complexity index is 1400. The summed E-state index contributed by atoms with van der Waals surface area (Å²) in [6.45, 7) is 34.6. The van der Waals surface area contributed by atoms with Gasteiger partial charge >= 0.3 is 16.5 Å². The first kappa shape index (κ1) is 44.1. The normalized spacial score (nSPS) is 10.7. The van der Waals surface area contributed by atoms with Gasteiger partial charge in [0.05, 0.1) is 28.4 Å². The predicted molar refractivity (Wildman–Crippen MR) is 190 cm³/mol. The van der Waals surface area contributed by atoms with E-state index in [0.717, 1.165) is 46.2 Å². The van der Waals surface area contributed by atoms with E-state index < -0.39 is 7.92 Å². The number of nitrogens with zero attached hydrogens (tertiary/aromatic N) is 3. The summed E-state index contributed by atoms with van der Waals surface area (Å²) in [7, 11) is -0.626. The number of fused-ring (bicyclic) bond motifs is 2. The van der Waals surface area contributed by atoms with E-state index >= 15 is 0 Å². The SMILES string of the molecule is CC(=O)n1c(P(C(C)(C)C)C(C)(C)C)nc2cc(C)c(C)cc21.Cc1cc2nc[nH]c2cc1C.O=[C-]Cl.[CH2-]CC.[CH2-]CC.[Ni+3]. The van der Waals surface area contributed by atoms with Crippen molar-refractivity contribution in [1.82, 2.24) is 19.5 Å². The van der Waals surface area contributed by atoms with Gasteiger partial charge < -0.3 is 35.2 Å². The van der Waals surface area contributed by atoms with E-state index in [9.17, 15) is 4.79 Å². The van der Waals surface area contributed by atoms with Gasteiger partial charge in [-0.15, -0.1) is 0 Å². The first-order chi connectivity index (χ1) is 19.8. The van der Waals surface area contributed by atoms with Crippen LogP contribution in [0.2, 0.25) is 0 Å². The van der Waals surface area contributed by atoms with E-state index in [4.69, 9.17) is 9.78 Å². The van der Waals surface area contributed by atoms with Gasteiger partial charge in [0.15, 0.2) is 0 Å². The van der Waals surface area contributed by atoms with E-state index in [2.05, 4.69) is 129 Å². The summed E-state index contributed by atoms with van der Waals surface area (Å²) in [5, 5.41) is 0.151. The fourth-order valence-corrected chi connectivity index (χ4v) is 8.45. The Hall–Kier alpha value is -2.07. The van der Waals surface area contributed by atoms with Gasteiger partial charge in [-0.2, -0.15) is 18.6 Å². The number of carbonyl (C=O) groups excluding carboxylic acids is 2. The van der Waals surface area contributed by atoms with E-state index in [1.807, 2.05) is 18.4 Å². The minimum absolute atomic E-state index is 0. The minimum atomic E-state index is -0.626. The number of halogens is 1. The Morgan fingerprint density at radius 3 is 1.68 bits per heavy atom. The van der Waals surface area contributed by atoms with Crippen molar-refractivity contribution in [2.45, 2.75) is 113 Å². The van der Waals surface area contributed by atoms with Gasteiger partial charge in [0.25, 0.3) is 0 Å². The summed E-state index contributed by atoms with van der Waals surface area (Å²) < 4.78 is 1.85. The van der Waals surface area contributed by atoms with Crippen LogP contribution in [0.3, 0.4) is 0 Å². The number of rotatable bonds is 1. The van der Waals surface area contributed by atoms with Crippen molar-refractivity contribution in [2.75, 3.05) is 0 Å². The fourth-order valence-electron chi connectivity index (χ4n) is 4.58. The van der Waals surface area contributed by atoms with E-state index in [-0.39, 0.29) is 32.7 Å². The molecule has 0 bridgehead atoms. The van der Waals surface area contributed by atoms with Gasteiger partial charge in [-0.05, 0) is 92.4 Å². The zero-order chi connectivity index (χ0) is 33.7. The number of hydrogen-bond donors (Lipinski definition) is 1. The molecule has 4 rings (SSSR count). The van der Waals surface area contributed by atoms with Gasteiger partial charge in [-0.25, -0.2) is 9.97 Å². The van der Waals surface area contributed by atoms with Crippen molar-refractivity contribution in [3.63, 3.8) is 0 Å². The third-order valence-corrected chi connectivity index (χ3v) is 9.53. The second-order valence-electron chi connectivity index (χ2n) is 12.3. The maximum Gasteiger partial charge on any atom is 3.00 e.